The van der Waals surface area contributed by atoms with E-state index in [1.807, 2.05) is 6.07 Å². The number of likely N-dealkylation sites (N-methyl/N-ethyl adjacent to an activating group) is 1. The fraction of sp³-hybridized carbons (Fsp3) is 0.500. The average molecular weight is 325 g/mol. The lowest BCUT2D eigenvalue weighted by Crippen LogP contribution is -2.51. The number of nitrogens with one attached hydrogen (secondary N) is 1. The third-order valence-corrected chi connectivity index (χ3v) is 4.51. The molecule has 104 valence electrons. The Morgan fingerprint density at radius 3 is 2.79 bits per heavy atom. The van der Waals surface area contributed by atoms with E-state index in [4.69, 9.17) is 11.1 Å². The van der Waals surface area contributed by atoms with Crippen molar-refractivity contribution in [3.8, 4) is 0 Å². The zero-order chi connectivity index (χ0) is 14.0. The van der Waals surface area contributed by atoms with Crippen molar-refractivity contribution in [2.24, 2.45) is 5.73 Å². The molecule has 1 aromatic rings. The fourth-order valence-electron chi connectivity index (χ4n) is 2.54. The lowest BCUT2D eigenvalue weighted by Gasteiger charge is -2.40. The van der Waals surface area contributed by atoms with Crippen molar-refractivity contribution in [2.75, 3.05) is 31.6 Å². The maximum Gasteiger partial charge on any atom is 0.123 e. The maximum atomic E-state index is 7.51. The van der Waals surface area contributed by atoms with Crippen molar-refractivity contribution in [2.45, 2.75) is 19.4 Å². The molecule has 1 aliphatic heterocycles. The van der Waals surface area contributed by atoms with E-state index in [0.29, 0.717) is 6.04 Å². The van der Waals surface area contributed by atoms with Crippen LogP contribution in [-0.4, -0.2) is 43.5 Å². The van der Waals surface area contributed by atoms with Crippen LogP contribution in [0.1, 0.15) is 18.9 Å². The Morgan fingerprint density at radius 2 is 2.21 bits per heavy atom. The molecule has 3 N–H and O–H groups in total. The van der Waals surface area contributed by atoms with Crippen LogP contribution < -0.4 is 10.6 Å². The average Bonchev–Trinajstić information content (AvgIpc) is 2.38. The smallest absolute Gasteiger partial charge is 0.123 e. The quantitative estimate of drug-likeness (QED) is 0.662. The molecule has 1 saturated heterocycles. The molecule has 0 amide bonds. The third-order valence-electron chi connectivity index (χ3n) is 3.86. The first kappa shape index (κ1) is 14.3. The molecule has 1 atom stereocenters. The van der Waals surface area contributed by atoms with Crippen molar-refractivity contribution in [1.82, 2.24) is 4.90 Å². The molecule has 5 heteroatoms. The SMILES string of the molecule is CCC1CN(c2ccc(C(=N)N)c(Br)c2)CCN1C. The molecule has 1 aromatic carbocycles. The van der Waals surface area contributed by atoms with Crippen LogP contribution in [0.5, 0.6) is 0 Å². The standard InChI is InChI=1S/C14H21BrN4/c1-3-10-9-19(7-6-18(10)2)11-4-5-12(14(16)17)13(15)8-11/h4-5,8,10H,3,6-7,9H2,1-2H3,(H3,16,17). The number of rotatable bonds is 3. The number of hydrogen-bond donors (Lipinski definition) is 2. The molecule has 4 nitrogen and oxygen atoms in total. The molecule has 1 fully saturated rings. The molecule has 0 aliphatic carbocycles. The Hall–Kier alpha value is -1.07. The zero-order valence-electron chi connectivity index (χ0n) is 11.5. The number of halogens is 1. The van der Waals surface area contributed by atoms with Gasteiger partial charge in [0.05, 0.1) is 0 Å². The minimum absolute atomic E-state index is 0.100. The molecule has 19 heavy (non-hydrogen) atoms. The topological polar surface area (TPSA) is 56.4 Å². The molecule has 0 saturated carbocycles. The molecular weight excluding hydrogens is 304 g/mol. The van der Waals surface area contributed by atoms with Crippen molar-refractivity contribution in [3.05, 3.63) is 28.2 Å². The van der Waals surface area contributed by atoms with Crippen LogP contribution >= 0.6 is 15.9 Å². The minimum atomic E-state index is 0.100. The maximum absolute atomic E-state index is 7.51. The van der Waals surface area contributed by atoms with Gasteiger partial charge < -0.3 is 10.6 Å². The largest absolute Gasteiger partial charge is 0.384 e. The van der Waals surface area contributed by atoms with Gasteiger partial charge >= 0.3 is 0 Å². The first-order chi connectivity index (χ1) is 9.02. The summed E-state index contributed by atoms with van der Waals surface area (Å²) in [6.07, 6.45) is 1.17. The van der Waals surface area contributed by atoms with Gasteiger partial charge in [0.1, 0.15) is 5.84 Å². The molecule has 1 unspecified atom stereocenters. The highest BCUT2D eigenvalue weighted by Gasteiger charge is 2.23. The second kappa shape index (κ2) is 5.92. The van der Waals surface area contributed by atoms with Crippen molar-refractivity contribution >= 4 is 27.5 Å². The molecule has 2 rings (SSSR count). The number of nitrogens with zero attached hydrogens (tertiary/aromatic N) is 2. The normalized spacial score (nSPS) is 20.6. The summed E-state index contributed by atoms with van der Waals surface area (Å²) in [7, 11) is 2.19. The van der Waals surface area contributed by atoms with Crippen LogP contribution in [0.4, 0.5) is 5.69 Å². The van der Waals surface area contributed by atoms with Gasteiger partial charge in [-0.15, -0.1) is 0 Å². The van der Waals surface area contributed by atoms with Gasteiger partial charge in [0.25, 0.3) is 0 Å². The van der Waals surface area contributed by atoms with Gasteiger partial charge in [-0.05, 0) is 47.6 Å². The Labute approximate surface area is 123 Å². The molecule has 0 radical (unpaired) electrons. The summed E-state index contributed by atoms with van der Waals surface area (Å²) >= 11 is 3.50. The van der Waals surface area contributed by atoms with Crippen LogP contribution in [0.25, 0.3) is 0 Å². The fourth-order valence-corrected chi connectivity index (χ4v) is 3.12. The van der Waals surface area contributed by atoms with E-state index in [1.165, 1.54) is 12.1 Å². The number of nitrogens with two attached hydrogens (primary N) is 1. The van der Waals surface area contributed by atoms with Gasteiger partial charge in [-0.25, -0.2) is 0 Å². The Bertz CT molecular complexity index is 475. The summed E-state index contributed by atoms with van der Waals surface area (Å²) in [6.45, 7) is 5.42. The van der Waals surface area contributed by atoms with Crippen LogP contribution in [0.15, 0.2) is 22.7 Å². The predicted molar refractivity (Wildman–Crippen MR) is 84.1 cm³/mol. The van der Waals surface area contributed by atoms with Gasteiger partial charge in [-0.1, -0.05) is 6.92 Å². The highest BCUT2D eigenvalue weighted by atomic mass is 79.9. The van der Waals surface area contributed by atoms with E-state index in [0.717, 1.165) is 29.7 Å². The van der Waals surface area contributed by atoms with Gasteiger partial charge in [-0.3, -0.25) is 10.3 Å². The van der Waals surface area contributed by atoms with E-state index in [1.54, 1.807) is 0 Å². The summed E-state index contributed by atoms with van der Waals surface area (Å²) in [4.78, 5) is 4.83. The van der Waals surface area contributed by atoms with E-state index >= 15 is 0 Å². The molecule has 1 heterocycles. The summed E-state index contributed by atoms with van der Waals surface area (Å²) in [6, 6.07) is 6.65. The van der Waals surface area contributed by atoms with E-state index in [2.05, 4.69) is 51.8 Å². The number of piperazine rings is 1. The van der Waals surface area contributed by atoms with E-state index in [-0.39, 0.29) is 5.84 Å². The Morgan fingerprint density at radius 1 is 1.47 bits per heavy atom. The highest BCUT2D eigenvalue weighted by Crippen LogP contribution is 2.26. The summed E-state index contributed by atoms with van der Waals surface area (Å²) in [5, 5.41) is 7.51. The number of anilines is 1. The van der Waals surface area contributed by atoms with Gasteiger partial charge in [0, 0.05) is 41.4 Å². The zero-order valence-corrected chi connectivity index (χ0v) is 13.1. The second-order valence-electron chi connectivity index (χ2n) is 5.07. The van der Waals surface area contributed by atoms with Gasteiger partial charge in [0.2, 0.25) is 0 Å². The number of amidine groups is 1. The van der Waals surface area contributed by atoms with Crippen LogP contribution in [0.3, 0.4) is 0 Å². The van der Waals surface area contributed by atoms with Crippen molar-refractivity contribution in [1.29, 1.82) is 5.41 Å². The molecule has 0 spiro atoms. The molecule has 1 aliphatic rings. The van der Waals surface area contributed by atoms with Crippen molar-refractivity contribution < 1.29 is 0 Å². The summed E-state index contributed by atoms with van der Waals surface area (Å²) in [5.41, 5.74) is 7.49. The lowest BCUT2D eigenvalue weighted by molar-refractivity contribution is 0.213. The highest BCUT2D eigenvalue weighted by molar-refractivity contribution is 9.10. The first-order valence-corrected chi connectivity index (χ1v) is 7.41. The van der Waals surface area contributed by atoms with Crippen molar-refractivity contribution in [3.63, 3.8) is 0 Å². The predicted octanol–water partition coefficient (Wildman–Crippen LogP) is 2.26. The van der Waals surface area contributed by atoms with E-state index < -0.39 is 0 Å². The monoisotopic (exact) mass is 324 g/mol. The molecular formula is C14H21BrN4. The second-order valence-corrected chi connectivity index (χ2v) is 5.92. The van der Waals surface area contributed by atoms with Crippen LogP contribution in [0.2, 0.25) is 0 Å². The van der Waals surface area contributed by atoms with Gasteiger partial charge in [0.15, 0.2) is 0 Å². The Balaban J connectivity index is 2.18. The first-order valence-electron chi connectivity index (χ1n) is 6.62. The number of nitrogen functional groups attached to an aromatic ring is 1. The van der Waals surface area contributed by atoms with Crippen LogP contribution in [-0.2, 0) is 0 Å². The molecule has 0 bridgehead atoms. The van der Waals surface area contributed by atoms with Gasteiger partial charge in [-0.2, -0.15) is 0 Å². The summed E-state index contributed by atoms with van der Waals surface area (Å²) < 4.78 is 0.893. The molecule has 0 aromatic heterocycles. The number of benzene rings is 1. The van der Waals surface area contributed by atoms with Crippen LogP contribution in [0, 0.1) is 5.41 Å². The van der Waals surface area contributed by atoms with E-state index in [9.17, 15) is 0 Å². The summed E-state index contributed by atoms with van der Waals surface area (Å²) in [5.74, 6) is 0.100. The lowest BCUT2D eigenvalue weighted by atomic mass is 10.1. The Kier molecular flexibility index (Phi) is 4.47. The minimum Gasteiger partial charge on any atom is -0.384 e. The number of hydrogen-bond acceptors (Lipinski definition) is 3. The third kappa shape index (κ3) is 3.09.